The SMILES string of the molecule is COc1cc(/C=C/C(=O)NC(C)c2nnc3ccccn23)ccc1OC(F)F. The van der Waals surface area contributed by atoms with Crippen LogP contribution in [0.25, 0.3) is 11.7 Å². The van der Waals surface area contributed by atoms with Gasteiger partial charge in [-0.2, -0.15) is 8.78 Å². The van der Waals surface area contributed by atoms with E-state index in [0.717, 1.165) is 0 Å². The molecule has 0 fully saturated rings. The third-order valence-corrected chi connectivity index (χ3v) is 3.92. The summed E-state index contributed by atoms with van der Waals surface area (Å²) in [6.07, 6.45) is 4.69. The molecule has 3 rings (SSSR count). The number of methoxy groups -OCH3 is 1. The first-order chi connectivity index (χ1) is 13.5. The highest BCUT2D eigenvalue weighted by Crippen LogP contribution is 2.29. The van der Waals surface area contributed by atoms with Crippen LogP contribution in [-0.2, 0) is 4.79 Å². The highest BCUT2D eigenvalue weighted by Gasteiger charge is 2.14. The van der Waals surface area contributed by atoms with E-state index in [0.29, 0.717) is 17.0 Å². The van der Waals surface area contributed by atoms with Gasteiger partial charge in [-0.1, -0.05) is 12.1 Å². The highest BCUT2D eigenvalue weighted by molar-refractivity contribution is 5.92. The predicted molar refractivity (Wildman–Crippen MR) is 98.2 cm³/mol. The van der Waals surface area contributed by atoms with E-state index in [1.165, 1.54) is 25.3 Å². The summed E-state index contributed by atoms with van der Waals surface area (Å²) in [5, 5.41) is 11.0. The lowest BCUT2D eigenvalue weighted by molar-refractivity contribution is -0.117. The van der Waals surface area contributed by atoms with E-state index >= 15 is 0 Å². The van der Waals surface area contributed by atoms with Crippen LogP contribution in [0.3, 0.4) is 0 Å². The molecule has 1 atom stereocenters. The minimum absolute atomic E-state index is 0.0774. The molecule has 0 saturated carbocycles. The monoisotopic (exact) mass is 388 g/mol. The van der Waals surface area contributed by atoms with Gasteiger partial charge in [-0.25, -0.2) is 0 Å². The van der Waals surface area contributed by atoms with Crippen LogP contribution in [0.5, 0.6) is 11.5 Å². The van der Waals surface area contributed by atoms with Crippen molar-refractivity contribution in [3.8, 4) is 11.5 Å². The van der Waals surface area contributed by atoms with Gasteiger partial charge in [0.15, 0.2) is 23.0 Å². The summed E-state index contributed by atoms with van der Waals surface area (Å²) in [6, 6.07) is 9.55. The van der Waals surface area contributed by atoms with Crippen LogP contribution in [0.4, 0.5) is 8.78 Å². The Morgan fingerprint density at radius 3 is 2.79 bits per heavy atom. The van der Waals surface area contributed by atoms with Gasteiger partial charge >= 0.3 is 6.61 Å². The molecule has 1 aromatic carbocycles. The smallest absolute Gasteiger partial charge is 0.387 e. The first-order valence-electron chi connectivity index (χ1n) is 8.39. The number of rotatable bonds is 7. The fraction of sp³-hybridized carbons (Fsp3) is 0.211. The summed E-state index contributed by atoms with van der Waals surface area (Å²) in [5.74, 6) is 0.331. The first kappa shape index (κ1) is 19.3. The quantitative estimate of drug-likeness (QED) is 0.629. The standard InChI is InChI=1S/C19H18F2N4O3/c1-12(18-24-23-16-5-3-4-10-25(16)18)22-17(26)9-7-13-6-8-14(28-19(20)21)15(11-13)27-2/h3-12,19H,1-2H3,(H,22,26)/b9-7+. The Morgan fingerprint density at radius 2 is 2.04 bits per heavy atom. The van der Waals surface area contributed by atoms with Crippen molar-refractivity contribution < 1.29 is 23.0 Å². The molecule has 2 heterocycles. The minimum Gasteiger partial charge on any atom is -0.493 e. The maximum absolute atomic E-state index is 12.4. The molecule has 0 aliphatic heterocycles. The van der Waals surface area contributed by atoms with Gasteiger partial charge in [0.25, 0.3) is 0 Å². The van der Waals surface area contributed by atoms with Gasteiger partial charge in [-0.3, -0.25) is 9.20 Å². The number of hydrogen-bond donors (Lipinski definition) is 1. The molecule has 1 N–H and O–H groups in total. The Balaban J connectivity index is 1.68. The molecule has 28 heavy (non-hydrogen) atoms. The number of amides is 1. The average molecular weight is 388 g/mol. The minimum atomic E-state index is -2.95. The second-order valence-corrected chi connectivity index (χ2v) is 5.84. The van der Waals surface area contributed by atoms with E-state index in [-0.39, 0.29) is 23.4 Å². The van der Waals surface area contributed by atoms with Crippen LogP contribution in [0, 0.1) is 0 Å². The van der Waals surface area contributed by atoms with Gasteiger partial charge in [0.2, 0.25) is 5.91 Å². The van der Waals surface area contributed by atoms with Gasteiger partial charge in [0.05, 0.1) is 13.2 Å². The van der Waals surface area contributed by atoms with Crippen molar-refractivity contribution >= 4 is 17.6 Å². The van der Waals surface area contributed by atoms with E-state index in [1.807, 2.05) is 24.4 Å². The number of hydrogen-bond acceptors (Lipinski definition) is 5. The number of carbonyl (C=O) groups is 1. The van der Waals surface area contributed by atoms with Crippen LogP contribution in [0.1, 0.15) is 24.4 Å². The molecule has 0 saturated heterocycles. The van der Waals surface area contributed by atoms with Crippen molar-refractivity contribution in [3.05, 3.63) is 60.1 Å². The molecule has 7 nitrogen and oxygen atoms in total. The molecule has 0 spiro atoms. The number of carbonyl (C=O) groups excluding carboxylic acids is 1. The molecule has 9 heteroatoms. The summed E-state index contributed by atoms with van der Waals surface area (Å²) >= 11 is 0. The number of halogens is 2. The Kier molecular flexibility index (Phi) is 5.83. The summed E-state index contributed by atoms with van der Waals surface area (Å²) in [5.41, 5.74) is 1.28. The van der Waals surface area contributed by atoms with E-state index in [4.69, 9.17) is 4.74 Å². The second-order valence-electron chi connectivity index (χ2n) is 5.84. The van der Waals surface area contributed by atoms with Crippen LogP contribution < -0.4 is 14.8 Å². The largest absolute Gasteiger partial charge is 0.493 e. The number of fused-ring (bicyclic) bond motifs is 1. The van der Waals surface area contributed by atoms with Crippen LogP contribution >= 0.6 is 0 Å². The van der Waals surface area contributed by atoms with E-state index in [2.05, 4.69) is 20.3 Å². The predicted octanol–water partition coefficient (Wildman–Crippen LogP) is 3.23. The number of benzene rings is 1. The van der Waals surface area contributed by atoms with Crippen molar-refractivity contribution in [2.24, 2.45) is 0 Å². The Labute approximate surface area is 159 Å². The number of aromatic nitrogens is 3. The normalized spacial score (nSPS) is 12.5. The van der Waals surface area contributed by atoms with Gasteiger partial charge in [0, 0.05) is 12.3 Å². The second kappa shape index (κ2) is 8.47. The molecular weight excluding hydrogens is 370 g/mol. The number of ether oxygens (including phenoxy) is 2. The van der Waals surface area contributed by atoms with Gasteiger partial charge in [-0.05, 0) is 42.8 Å². The fourth-order valence-corrected chi connectivity index (χ4v) is 2.63. The third kappa shape index (κ3) is 4.43. The highest BCUT2D eigenvalue weighted by atomic mass is 19.3. The van der Waals surface area contributed by atoms with Crippen molar-refractivity contribution in [1.29, 1.82) is 0 Å². The summed E-state index contributed by atoms with van der Waals surface area (Å²) < 4.78 is 35.9. The molecule has 1 unspecified atom stereocenters. The number of nitrogens with zero attached hydrogens (tertiary/aromatic N) is 3. The zero-order valence-electron chi connectivity index (χ0n) is 15.2. The maximum Gasteiger partial charge on any atom is 0.387 e. The number of nitrogens with one attached hydrogen (secondary N) is 1. The molecule has 0 aliphatic rings. The molecule has 146 valence electrons. The zero-order valence-corrected chi connectivity index (χ0v) is 15.2. The van der Waals surface area contributed by atoms with Crippen molar-refractivity contribution in [3.63, 3.8) is 0 Å². The van der Waals surface area contributed by atoms with E-state index in [1.54, 1.807) is 23.5 Å². The average Bonchev–Trinajstić information content (AvgIpc) is 3.11. The fourth-order valence-electron chi connectivity index (χ4n) is 2.63. The van der Waals surface area contributed by atoms with Crippen molar-refractivity contribution in [2.75, 3.05) is 7.11 Å². The lowest BCUT2D eigenvalue weighted by atomic mass is 10.2. The lowest BCUT2D eigenvalue weighted by Crippen LogP contribution is -2.26. The van der Waals surface area contributed by atoms with Crippen LogP contribution in [-0.4, -0.2) is 34.2 Å². The Morgan fingerprint density at radius 1 is 1.21 bits per heavy atom. The summed E-state index contributed by atoms with van der Waals surface area (Å²) in [4.78, 5) is 12.2. The maximum atomic E-state index is 12.4. The van der Waals surface area contributed by atoms with Crippen molar-refractivity contribution in [2.45, 2.75) is 19.6 Å². The van der Waals surface area contributed by atoms with Gasteiger partial charge in [-0.15, -0.1) is 10.2 Å². The van der Waals surface area contributed by atoms with Crippen LogP contribution in [0.15, 0.2) is 48.7 Å². The molecular formula is C19H18F2N4O3. The van der Waals surface area contributed by atoms with Gasteiger partial charge < -0.3 is 14.8 Å². The number of pyridine rings is 1. The first-order valence-corrected chi connectivity index (χ1v) is 8.39. The summed E-state index contributed by atoms with van der Waals surface area (Å²) in [6.45, 7) is -1.15. The lowest BCUT2D eigenvalue weighted by Gasteiger charge is -2.11. The molecule has 1 amide bonds. The molecule has 3 aromatic rings. The molecule has 2 aromatic heterocycles. The molecule has 0 radical (unpaired) electrons. The Bertz CT molecular complexity index is 1000. The number of alkyl halides is 2. The molecule has 0 aliphatic carbocycles. The summed E-state index contributed by atoms with van der Waals surface area (Å²) in [7, 11) is 1.35. The Hall–Kier alpha value is -3.49. The molecule has 0 bridgehead atoms. The van der Waals surface area contributed by atoms with Crippen LogP contribution in [0.2, 0.25) is 0 Å². The third-order valence-electron chi connectivity index (χ3n) is 3.92. The topological polar surface area (TPSA) is 77.8 Å². The van der Waals surface area contributed by atoms with E-state index in [9.17, 15) is 13.6 Å². The zero-order chi connectivity index (χ0) is 20.1. The van der Waals surface area contributed by atoms with Gasteiger partial charge in [0.1, 0.15) is 0 Å². The van der Waals surface area contributed by atoms with E-state index < -0.39 is 6.61 Å². The van der Waals surface area contributed by atoms with Crippen molar-refractivity contribution in [1.82, 2.24) is 19.9 Å².